The summed E-state index contributed by atoms with van der Waals surface area (Å²) in [6.07, 6.45) is -0.498. The molecule has 1 aliphatic rings. The molecule has 0 saturated heterocycles. The zero-order chi connectivity index (χ0) is 14.0. The first-order valence-electron chi connectivity index (χ1n) is 6.26. The molecular weight excluding hydrogens is 251 g/mol. The third-order valence-corrected chi connectivity index (χ3v) is 3.12. The number of carbonyl (C=O) groups is 1. The lowest BCUT2D eigenvalue weighted by molar-refractivity contribution is -0.123. The van der Waals surface area contributed by atoms with E-state index in [-0.39, 0.29) is 12.2 Å². The minimum absolute atomic E-state index is 0.0779. The van der Waals surface area contributed by atoms with E-state index < -0.39 is 17.8 Å². The first-order chi connectivity index (χ1) is 9.08. The van der Waals surface area contributed by atoms with Crippen molar-refractivity contribution in [3.63, 3.8) is 0 Å². The van der Waals surface area contributed by atoms with Crippen LogP contribution in [0.5, 0.6) is 0 Å². The van der Waals surface area contributed by atoms with Gasteiger partial charge in [-0.2, -0.15) is 0 Å². The number of carbonyl (C=O) groups excluding carboxylic acids is 1. The number of fused-ring (bicyclic) bond motifs is 1. The molecule has 3 N–H and O–H groups in total. The number of anilines is 2. The van der Waals surface area contributed by atoms with Gasteiger partial charge in [-0.05, 0) is 18.6 Å². The molecule has 19 heavy (non-hydrogen) atoms. The van der Waals surface area contributed by atoms with Gasteiger partial charge in [0.2, 0.25) is 0 Å². The molecule has 5 nitrogen and oxygen atoms in total. The Morgan fingerprint density at radius 1 is 1.42 bits per heavy atom. The number of hydrogen-bond acceptors (Lipinski definition) is 4. The number of nitrogens with zero attached hydrogens (tertiary/aromatic N) is 1. The number of rotatable bonds is 5. The molecule has 2 rings (SSSR count). The van der Waals surface area contributed by atoms with Crippen LogP contribution < -0.4 is 10.2 Å². The number of nitrogens with one attached hydrogen (secondary N) is 1. The fourth-order valence-electron chi connectivity index (χ4n) is 2.24. The number of aliphatic hydroxyl groups excluding tert-OH is 2. The van der Waals surface area contributed by atoms with Crippen LogP contribution in [0.15, 0.2) is 12.1 Å². The van der Waals surface area contributed by atoms with E-state index in [1.54, 1.807) is 4.90 Å². The highest BCUT2D eigenvalue weighted by molar-refractivity contribution is 6.02. The lowest BCUT2D eigenvalue weighted by Crippen LogP contribution is -2.28. The largest absolute Gasteiger partial charge is 0.395 e. The highest BCUT2D eigenvalue weighted by atomic mass is 19.1. The van der Waals surface area contributed by atoms with E-state index in [1.807, 2.05) is 6.92 Å². The van der Waals surface area contributed by atoms with Crippen LogP contribution in [0.2, 0.25) is 0 Å². The molecule has 0 radical (unpaired) electrons. The average molecular weight is 268 g/mol. The van der Waals surface area contributed by atoms with E-state index in [0.717, 1.165) is 6.42 Å². The summed E-state index contributed by atoms with van der Waals surface area (Å²) in [7, 11) is 0. The van der Waals surface area contributed by atoms with Crippen LogP contribution in [0.25, 0.3) is 0 Å². The van der Waals surface area contributed by atoms with E-state index in [9.17, 15) is 14.3 Å². The third kappa shape index (κ3) is 2.54. The molecule has 1 unspecified atom stereocenters. The molecule has 1 heterocycles. The Hall–Kier alpha value is -1.66. The van der Waals surface area contributed by atoms with E-state index in [1.165, 1.54) is 12.1 Å². The van der Waals surface area contributed by atoms with Gasteiger partial charge in [-0.1, -0.05) is 6.92 Å². The SMILES string of the molecule is CCCN(CCO)c1cc2c(cc1F)C(O)C(=O)N2. The minimum atomic E-state index is -1.31. The molecule has 6 heteroatoms. The van der Waals surface area contributed by atoms with Crippen molar-refractivity contribution in [3.8, 4) is 0 Å². The Morgan fingerprint density at radius 2 is 2.16 bits per heavy atom. The van der Waals surface area contributed by atoms with Gasteiger partial charge >= 0.3 is 0 Å². The van der Waals surface area contributed by atoms with Crippen molar-refractivity contribution in [2.45, 2.75) is 19.4 Å². The van der Waals surface area contributed by atoms with Crippen molar-refractivity contribution in [3.05, 3.63) is 23.5 Å². The van der Waals surface area contributed by atoms with Crippen LogP contribution in [0.3, 0.4) is 0 Å². The maximum absolute atomic E-state index is 14.1. The van der Waals surface area contributed by atoms with Gasteiger partial charge in [0.05, 0.1) is 12.3 Å². The quantitative estimate of drug-likeness (QED) is 0.745. The lowest BCUT2D eigenvalue weighted by Gasteiger charge is -2.24. The average Bonchev–Trinajstić information content (AvgIpc) is 2.64. The summed E-state index contributed by atoms with van der Waals surface area (Å²) in [5.74, 6) is -1.05. The highest BCUT2D eigenvalue weighted by Gasteiger charge is 2.30. The van der Waals surface area contributed by atoms with E-state index in [2.05, 4.69) is 5.32 Å². The summed E-state index contributed by atoms with van der Waals surface area (Å²) in [5.41, 5.74) is 1.00. The monoisotopic (exact) mass is 268 g/mol. The molecule has 1 aromatic rings. The van der Waals surface area contributed by atoms with E-state index in [0.29, 0.717) is 24.5 Å². The van der Waals surface area contributed by atoms with Crippen molar-refractivity contribution in [2.24, 2.45) is 0 Å². The molecule has 0 aliphatic carbocycles. The fourth-order valence-corrected chi connectivity index (χ4v) is 2.24. The van der Waals surface area contributed by atoms with Gasteiger partial charge in [0.1, 0.15) is 5.82 Å². The Bertz CT molecular complexity index is 487. The molecule has 0 bridgehead atoms. The fraction of sp³-hybridized carbons (Fsp3) is 0.462. The maximum atomic E-state index is 14.1. The molecular formula is C13H17FN2O3. The zero-order valence-electron chi connectivity index (χ0n) is 10.7. The van der Waals surface area contributed by atoms with Gasteiger partial charge in [0.15, 0.2) is 6.10 Å². The van der Waals surface area contributed by atoms with Gasteiger partial charge in [0, 0.05) is 24.3 Å². The molecule has 1 atom stereocenters. The summed E-state index contributed by atoms with van der Waals surface area (Å²) in [6.45, 7) is 2.81. The van der Waals surface area contributed by atoms with E-state index >= 15 is 0 Å². The van der Waals surface area contributed by atoms with Crippen LogP contribution in [-0.4, -0.2) is 35.8 Å². The molecule has 1 amide bonds. The van der Waals surface area contributed by atoms with Gasteiger partial charge in [-0.25, -0.2) is 4.39 Å². The standard InChI is InChI=1S/C13H17FN2O3/c1-2-3-16(4-5-17)11-7-10-8(6-9(11)14)12(18)13(19)15-10/h6-7,12,17-18H,2-5H2,1H3,(H,15,19). The molecule has 0 fully saturated rings. The topological polar surface area (TPSA) is 72.8 Å². The maximum Gasteiger partial charge on any atom is 0.257 e. The zero-order valence-corrected chi connectivity index (χ0v) is 10.7. The van der Waals surface area contributed by atoms with Crippen LogP contribution in [-0.2, 0) is 4.79 Å². The summed E-state index contributed by atoms with van der Waals surface area (Å²) < 4.78 is 14.1. The minimum Gasteiger partial charge on any atom is -0.395 e. The first kappa shape index (κ1) is 13.8. The number of benzene rings is 1. The van der Waals surface area contributed by atoms with Crippen molar-refractivity contribution in [2.75, 3.05) is 29.9 Å². The predicted molar refractivity (Wildman–Crippen MR) is 69.6 cm³/mol. The van der Waals surface area contributed by atoms with Gasteiger partial charge < -0.3 is 20.4 Å². The summed E-state index contributed by atoms with van der Waals surface area (Å²) in [4.78, 5) is 13.1. The van der Waals surface area contributed by atoms with Crippen LogP contribution in [0.4, 0.5) is 15.8 Å². The van der Waals surface area contributed by atoms with Crippen molar-refractivity contribution in [1.82, 2.24) is 0 Å². The third-order valence-electron chi connectivity index (χ3n) is 3.12. The van der Waals surface area contributed by atoms with Gasteiger partial charge in [-0.3, -0.25) is 4.79 Å². The summed E-state index contributed by atoms with van der Waals surface area (Å²) in [5, 5.41) is 21.1. The highest BCUT2D eigenvalue weighted by Crippen LogP contribution is 2.35. The molecule has 1 aliphatic heterocycles. The van der Waals surface area contributed by atoms with Gasteiger partial charge in [0.25, 0.3) is 5.91 Å². The predicted octanol–water partition coefficient (Wildman–Crippen LogP) is 1.02. The second-order valence-corrected chi connectivity index (χ2v) is 4.49. The number of hydrogen-bond donors (Lipinski definition) is 3. The lowest BCUT2D eigenvalue weighted by atomic mass is 10.1. The Kier molecular flexibility index (Phi) is 4.01. The molecule has 1 aromatic carbocycles. The molecule has 0 aromatic heterocycles. The Balaban J connectivity index is 2.37. The van der Waals surface area contributed by atoms with Crippen molar-refractivity contribution in [1.29, 1.82) is 0 Å². The normalized spacial score (nSPS) is 17.3. The number of amides is 1. The molecule has 0 spiro atoms. The van der Waals surface area contributed by atoms with Crippen LogP contribution >= 0.6 is 0 Å². The molecule has 104 valence electrons. The van der Waals surface area contributed by atoms with Crippen LogP contribution in [0, 0.1) is 5.82 Å². The second-order valence-electron chi connectivity index (χ2n) is 4.49. The second kappa shape index (κ2) is 5.54. The Labute approximate surface area is 110 Å². The molecule has 0 saturated carbocycles. The van der Waals surface area contributed by atoms with Crippen molar-refractivity contribution >= 4 is 17.3 Å². The van der Waals surface area contributed by atoms with Crippen molar-refractivity contribution < 1.29 is 19.4 Å². The first-order valence-corrected chi connectivity index (χ1v) is 6.26. The van der Waals surface area contributed by atoms with Crippen LogP contribution in [0.1, 0.15) is 25.0 Å². The smallest absolute Gasteiger partial charge is 0.257 e. The van der Waals surface area contributed by atoms with E-state index in [4.69, 9.17) is 5.11 Å². The number of halogens is 1. The van der Waals surface area contributed by atoms with Gasteiger partial charge in [-0.15, -0.1) is 0 Å². The number of aliphatic hydroxyl groups is 2. The summed E-state index contributed by atoms with van der Waals surface area (Å²) >= 11 is 0. The summed E-state index contributed by atoms with van der Waals surface area (Å²) in [6, 6.07) is 2.68. The Morgan fingerprint density at radius 3 is 2.79 bits per heavy atom.